The number of amides is 2. The van der Waals surface area contributed by atoms with Crippen molar-refractivity contribution in [1.82, 2.24) is 5.32 Å². The van der Waals surface area contributed by atoms with Crippen LogP contribution >= 0.6 is 11.6 Å². The van der Waals surface area contributed by atoms with Crippen molar-refractivity contribution in [2.75, 3.05) is 11.9 Å². The van der Waals surface area contributed by atoms with Crippen LogP contribution in [0.1, 0.15) is 15.9 Å². The lowest BCUT2D eigenvalue weighted by molar-refractivity contribution is 0.0698. The topological polar surface area (TPSA) is 78.4 Å². The largest absolute Gasteiger partial charge is 0.478 e. The smallest absolute Gasteiger partial charge is 0.337 e. The second-order valence-electron chi connectivity index (χ2n) is 3.63. The second kappa shape index (κ2) is 6.07. The quantitative estimate of drug-likeness (QED) is 0.785. The van der Waals surface area contributed by atoms with E-state index in [1.807, 2.05) is 0 Å². The fourth-order valence-corrected chi connectivity index (χ4v) is 1.41. The summed E-state index contributed by atoms with van der Waals surface area (Å²) in [5.74, 6) is -1.10. The van der Waals surface area contributed by atoms with Gasteiger partial charge in [0.25, 0.3) is 0 Å². The highest BCUT2D eigenvalue weighted by Gasteiger charge is 2.14. The van der Waals surface area contributed by atoms with Gasteiger partial charge in [-0.2, -0.15) is 0 Å². The molecule has 96 valence electrons. The van der Waals surface area contributed by atoms with E-state index in [4.69, 9.17) is 16.7 Å². The summed E-state index contributed by atoms with van der Waals surface area (Å²) < 4.78 is 0. The molecular formula is C12H13ClN2O3. The molecule has 0 aromatic heterocycles. The normalized spacial score (nSPS) is 9.67. The summed E-state index contributed by atoms with van der Waals surface area (Å²) in [7, 11) is 0. The Morgan fingerprint density at radius 1 is 1.44 bits per heavy atom. The summed E-state index contributed by atoms with van der Waals surface area (Å²) in [6, 6.07) is 4.21. The number of anilines is 1. The number of carboxylic acids is 1. The molecule has 0 unspecified atom stereocenters. The Labute approximate surface area is 109 Å². The Hall–Kier alpha value is -2.01. The van der Waals surface area contributed by atoms with Crippen LogP contribution in [0.2, 0.25) is 0 Å². The van der Waals surface area contributed by atoms with Crippen molar-refractivity contribution in [3.8, 4) is 0 Å². The first-order valence-corrected chi connectivity index (χ1v) is 5.50. The van der Waals surface area contributed by atoms with Gasteiger partial charge in [-0.15, -0.1) is 0 Å². The maximum atomic E-state index is 11.5. The van der Waals surface area contributed by atoms with Crippen molar-refractivity contribution in [2.24, 2.45) is 0 Å². The Morgan fingerprint density at radius 2 is 2.11 bits per heavy atom. The summed E-state index contributed by atoms with van der Waals surface area (Å²) in [5.41, 5.74) is 0.965. The number of carboxylic acid groups (broad SMARTS) is 1. The average Bonchev–Trinajstić information content (AvgIpc) is 2.28. The van der Waals surface area contributed by atoms with E-state index >= 15 is 0 Å². The number of carbonyl (C=O) groups is 2. The molecule has 2 amide bonds. The molecule has 3 N–H and O–H groups in total. The second-order valence-corrected chi connectivity index (χ2v) is 4.16. The van der Waals surface area contributed by atoms with Crippen LogP contribution in [0.25, 0.3) is 0 Å². The number of benzene rings is 1. The lowest BCUT2D eigenvalue weighted by atomic mass is 10.1. The van der Waals surface area contributed by atoms with Crippen LogP contribution in [0, 0.1) is 6.92 Å². The zero-order valence-corrected chi connectivity index (χ0v) is 10.5. The zero-order chi connectivity index (χ0) is 13.7. The molecule has 0 atom stereocenters. The van der Waals surface area contributed by atoms with E-state index in [2.05, 4.69) is 17.2 Å². The van der Waals surface area contributed by atoms with Gasteiger partial charge in [-0.25, -0.2) is 9.59 Å². The van der Waals surface area contributed by atoms with Gasteiger partial charge < -0.3 is 15.7 Å². The average molecular weight is 269 g/mol. The Kier molecular flexibility index (Phi) is 4.74. The molecule has 0 aliphatic heterocycles. The van der Waals surface area contributed by atoms with E-state index in [0.717, 1.165) is 0 Å². The molecule has 0 saturated carbocycles. The van der Waals surface area contributed by atoms with E-state index in [-0.39, 0.29) is 22.8 Å². The van der Waals surface area contributed by atoms with Gasteiger partial charge >= 0.3 is 12.0 Å². The van der Waals surface area contributed by atoms with Gasteiger partial charge in [-0.3, -0.25) is 0 Å². The molecule has 0 bridgehead atoms. The number of hydrogen-bond donors (Lipinski definition) is 3. The van der Waals surface area contributed by atoms with Gasteiger partial charge in [-0.05, 0) is 18.6 Å². The molecule has 0 saturated heterocycles. The van der Waals surface area contributed by atoms with E-state index in [0.29, 0.717) is 5.56 Å². The maximum absolute atomic E-state index is 11.5. The van der Waals surface area contributed by atoms with E-state index in [1.54, 1.807) is 19.1 Å². The molecule has 1 aromatic rings. The number of aryl methyl sites for hydroxylation is 1. The molecule has 0 radical (unpaired) electrons. The fourth-order valence-electron chi connectivity index (χ4n) is 1.35. The van der Waals surface area contributed by atoms with Crippen molar-refractivity contribution < 1.29 is 14.7 Å². The standard InChI is InChI=1S/C12H13ClN2O3/c1-7-4-3-5-9(11(16)17)10(7)15-12(18)14-6-8(2)13/h3-5H,2,6H2,1H3,(H,16,17)(H2,14,15,18). The molecule has 6 heteroatoms. The van der Waals surface area contributed by atoms with Crippen LogP contribution in [0.4, 0.5) is 10.5 Å². The fraction of sp³-hybridized carbons (Fsp3) is 0.167. The summed E-state index contributed by atoms with van der Waals surface area (Å²) in [4.78, 5) is 22.5. The van der Waals surface area contributed by atoms with E-state index in [1.165, 1.54) is 6.07 Å². The van der Waals surface area contributed by atoms with E-state index in [9.17, 15) is 9.59 Å². The molecule has 1 aromatic carbocycles. The molecule has 5 nitrogen and oxygen atoms in total. The minimum atomic E-state index is -1.10. The number of halogens is 1. The van der Waals surface area contributed by atoms with Crippen molar-refractivity contribution in [1.29, 1.82) is 0 Å². The van der Waals surface area contributed by atoms with Gasteiger partial charge in [0.1, 0.15) is 0 Å². The molecule has 0 spiro atoms. The zero-order valence-electron chi connectivity index (χ0n) is 9.79. The maximum Gasteiger partial charge on any atom is 0.337 e. The lowest BCUT2D eigenvalue weighted by Crippen LogP contribution is -2.30. The molecule has 0 aliphatic rings. The third-order valence-corrected chi connectivity index (χ3v) is 2.32. The summed E-state index contributed by atoms with van der Waals surface area (Å²) >= 11 is 5.51. The molecule has 1 rings (SSSR count). The Balaban J connectivity index is 2.86. The predicted molar refractivity (Wildman–Crippen MR) is 70.2 cm³/mol. The molecule has 0 heterocycles. The number of nitrogens with one attached hydrogen (secondary N) is 2. The third-order valence-electron chi connectivity index (χ3n) is 2.18. The van der Waals surface area contributed by atoms with Crippen molar-refractivity contribution in [3.05, 3.63) is 40.9 Å². The highest BCUT2D eigenvalue weighted by Crippen LogP contribution is 2.20. The van der Waals surface area contributed by atoms with Crippen molar-refractivity contribution in [2.45, 2.75) is 6.92 Å². The number of carbonyl (C=O) groups excluding carboxylic acids is 1. The SMILES string of the molecule is C=C(Cl)CNC(=O)Nc1c(C)cccc1C(=O)O. The van der Waals surface area contributed by atoms with Gasteiger partial charge in [0, 0.05) is 5.03 Å². The first-order valence-electron chi connectivity index (χ1n) is 5.13. The van der Waals surface area contributed by atoms with Gasteiger partial charge in [0.05, 0.1) is 17.8 Å². The number of para-hydroxylation sites is 1. The number of rotatable bonds is 4. The van der Waals surface area contributed by atoms with Crippen LogP contribution < -0.4 is 10.6 Å². The molecule has 0 aliphatic carbocycles. The van der Waals surface area contributed by atoms with Gasteiger partial charge in [-0.1, -0.05) is 30.3 Å². The summed E-state index contributed by atoms with van der Waals surface area (Å²) in [6.07, 6.45) is 0. The number of aromatic carboxylic acids is 1. The molecule has 18 heavy (non-hydrogen) atoms. The van der Waals surface area contributed by atoms with Crippen molar-refractivity contribution >= 4 is 29.3 Å². The van der Waals surface area contributed by atoms with Crippen LogP contribution in [0.5, 0.6) is 0 Å². The van der Waals surface area contributed by atoms with Gasteiger partial charge in [0.15, 0.2) is 0 Å². The van der Waals surface area contributed by atoms with E-state index < -0.39 is 12.0 Å². The minimum absolute atomic E-state index is 0.0369. The summed E-state index contributed by atoms with van der Waals surface area (Å²) in [6.45, 7) is 5.25. The highest BCUT2D eigenvalue weighted by atomic mass is 35.5. The summed E-state index contributed by atoms with van der Waals surface area (Å²) in [5, 5.41) is 14.2. The number of urea groups is 1. The Bertz CT molecular complexity index is 500. The lowest BCUT2D eigenvalue weighted by Gasteiger charge is -2.12. The highest BCUT2D eigenvalue weighted by molar-refractivity contribution is 6.29. The first-order chi connectivity index (χ1) is 8.41. The predicted octanol–water partition coefficient (Wildman–Crippen LogP) is 2.57. The van der Waals surface area contributed by atoms with Crippen LogP contribution in [-0.4, -0.2) is 23.7 Å². The molecular weight excluding hydrogens is 256 g/mol. The van der Waals surface area contributed by atoms with Gasteiger partial charge in [0.2, 0.25) is 0 Å². The van der Waals surface area contributed by atoms with Crippen LogP contribution in [-0.2, 0) is 0 Å². The Morgan fingerprint density at radius 3 is 2.67 bits per heavy atom. The first kappa shape index (κ1) is 14.1. The molecule has 0 fully saturated rings. The van der Waals surface area contributed by atoms with Crippen molar-refractivity contribution in [3.63, 3.8) is 0 Å². The van der Waals surface area contributed by atoms with Crippen LogP contribution in [0.15, 0.2) is 29.8 Å². The third kappa shape index (κ3) is 3.78. The number of hydrogen-bond acceptors (Lipinski definition) is 2. The minimum Gasteiger partial charge on any atom is -0.478 e. The monoisotopic (exact) mass is 268 g/mol. The van der Waals surface area contributed by atoms with Crippen LogP contribution in [0.3, 0.4) is 0 Å².